The summed E-state index contributed by atoms with van der Waals surface area (Å²) < 4.78 is 13.4. The van der Waals surface area contributed by atoms with Gasteiger partial charge in [0.1, 0.15) is 5.82 Å². The van der Waals surface area contributed by atoms with Gasteiger partial charge in [0, 0.05) is 11.3 Å². The quantitative estimate of drug-likeness (QED) is 0.913. The third-order valence-electron chi connectivity index (χ3n) is 2.76. The van der Waals surface area contributed by atoms with E-state index < -0.39 is 0 Å². The zero-order valence-corrected chi connectivity index (χ0v) is 11.6. The Hall–Kier alpha value is -1.42. The average molecular weight is 264 g/mol. The van der Waals surface area contributed by atoms with Crippen LogP contribution in [0.4, 0.5) is 9.52 Å². The van der Waals surface area contributed by atoms with E-state index in [9.17, 15) is 4.39 Å². The number of benzene rings is 1. The van der Waals surface area contributed by atoms with Crippen molar-refractivity contribution in [3.05, 3.63) is 45.7 Å². The summed E-state index contributed by atoms with van der Waals surface area (Å²) in [6, 6.07) is 5.12. The highest BCUT2D eigenvalue weighted by atomic mass is 32.1. The molecule has 1 aromatic carbocycles. The van der Waals surface area contributed by atoms with Crippen LogP contribution in [0.25, 0.3) is 0 Å². The second kappa shape index (κ2) is 5.06. The highest BCUT2D eigenvalue weighted by Crippen LogP contribution is 2.29. The number of rotatable bonds is 3. The number of nitrogen functional groups attached to an aromatic ring is 1. The minimum absolute atomic E-state index is 0.186. The second-order valence-electron chi connectivity index (χ2n) is 4.83. The van der Waals surface area contributed by atoms with Gasteiger partial charge in [0.05, 0.1) is 5.69 Å². The van der Waals surface area contributed by atoms with Crippen LogP contribution in [-0.2, 0) is 6.42 Å². The maximum Gasteiger partial charge on any atom is 0.180 e. The summed E-state index contributed by atoms with van der Waals surface area (Å²) in [7, 11) is 0. The third kappa shape index (κ3) is 2.88. The first-order valence-electron chi connectivity index (χ1n) is 5.97. The molecule has 2 aromatic rings. The van der Waals surface area contributed by atoms with Gasteiger partial charge in [-0.15, -0.1) is 11.3 Å². The molecule has 2 rings (SSSR count). The lowest BCUT2D eigenvalue weighted by molar-refractivity contribution is 0.624. The van der Waals surface area contributed by atoms with Gasteiger partial charge in [-0.05, 0) is 36.1 Å². The number of nitrogens with two attached hydrogens (primary N) is 1. The molecule has 0 saturated heterocycles. The van der Waals surface area contributed by atoms with E-state index in [0.29, 0.717) is 17.5 Å². The fraction of sp³-hybridized carbons (Fsp3) is 0.357. The van der Waals surface area contributed by atoms with Crippen LogP contribution in [0.1, 0.15) is 41.5 Å². The van der Waals surface area contributed by atoms with Crippen LogP contribution in [0.15, 0.2) is 18.2 Å². The first-order chi connectivity index (χ1) is 8.45. The van der Waals surface area contributed by atoms with Crippen molar-refractivity contribution >= 4 is 16.5 Å². The Morgan fingerprint density at radius 3 is 2.67 bits per heavy atom. The van der Waals surface area contributed by atoms with E-state index in [1.54, 1.807) is 6.07 Å². The van der Waals surface area contributed by atoms with Gasteiger partial charge in [-0.3, -0.25) is 0 Å². The van der Waals surface area contributed by atoms with Crippen molar-refractivity contribution in [2.45, 2.75) is 33.1 Å². The molecule has 0 aliphatic carbocycles. The molecule has 18 heavy (non-hydrogen) atoms. The molecule has 0 aliphatic rings. The van der Waals surface area contributed by atoms with E-state index in [1.165, 1.54) is 17.4 Å². The molecule has 0 saturated carbocycles. The van der Waals surface area contributed by atoms with Gasteiger partial charge in [0.2, 0.25) is 0 Å². The second-order valence-corrected chi connectivity index (χ2v) is 5.94. The first kappa shape index (κ1) is 13.0. The van der Waals surface area contributed by atoms with E-state index in [4.69, 9.17) is 5.73 Å². The van der Waals surface area contributed by atoms with Crippen LogP contribution < -0.4 is 5.73 Å². The fourth-order valence-corrected chi connectivity index (χ4v) is 3.08. The Kier molecular flexibility index (Phi) is 3.66. The van der Waals surface area contributed by atoms with Crippen LogP contribution in [-0.4, -0.2) is 4.98 Å². The van der Waals surface area contributed by atoms with Crippen LogP contribution in [0.5, 0.6) is 0 Å². The molecule has 1 heterocycles. The van der Waals surface area contributed by atoms with E-state index in [1.807, 2.05) is 13.0 Å². The maximum absolute atomic E-state index is 13.4. The lowest BCUT2D eigenvalue weighted by Gasteiger charge is -2.06. The van der Waals surface area contributed by atoms with Crippen LogP contribution >= 0.6 is 11.3 Å². The van der Waals surface area contributed by atoms with Crippen LogP contribution in [0.3, 0.4) is 0 Å². The number of thiazole rings is 1. The van der Waals surface area contributed by atoms with Gasteiger partial charge >= 0.3 is 0 Å². The molecule has 0 atom stereocenters. The molecular formula is C14H17FN2S. The van der Waals surface area contributed by atoms with Gasteiger partial charge in [-0.25, -0.2) is 9.37 Å². The Morgan fingerprint density at radius 1 is 1.33 bits per heavy atom. The molecule has 0 bridgehead atoms. The Morgan fingerprint density at radius 2 is 2.06 bits per heavy atom. The van der Waals surface area contributed by atoms with Crippen molar-refractivity contribution in [2.24, 2.45) is 0 Å². The van der Waals surface area contributed by atoms with Gasteiger partial charge in [-0.2, -0.15) is 0 Å². The number of anilines is 1. The summed E-state index contributed by atoms with van der Waals surface area (Å²) in [6.07, 6.45) is 0.695. The summed E-state index contributed by atoms with van der Waals surface area (Å²) in [6.45, 7) is 6.08. The highest BCUT2D eigenvalue weighted by Gasteiger charge is 2.13. The molecule has 4 heteroatoms. The van der Waals surface area contributed by atoms with Crippen LogP contribution in [0.2, 0.25) is 0 Å². The van der Waals surface area contributed by atoms with Crippen molar-refractivity contribution in [3.63, 3.8) is 0 Å². The first-order valence-corrected chi connectivity index (χ1v) is 6.78. The normalized spacial score (nSPS) is 11.2. The minimum Gasteiger partial charge on any atom is -0.375 e. The van der Waals surface area contributed by atoms with Gasteiger partial charge in [0.25, 0.3) is 0 Å². The van der Waals surface area contributed by atoms with E-state index >= 15 is 0 Å². The van der Waals surface area contributed by atoms with Crippen LogP contribution in [0, 0.1) is 12.7 Å². The number of hydrogen-bond acceptors (Lipinski definition) is 3. The van der Waals surface area contributed by atoms with E-state index in [2.05, 4.69) is 18.8 Å². The SMILES string of the molecule is Cc1cc(F)cc(Cc2sc(N)nc2C(C)C)c1. The minimum atomic E-state index is -0.186. The lowest BCUT2D eigenvalue weighted by Crippen LogP contribution is -1.96. The number of aromatic nitrogens is 1. The molecule has 0 spiro atoms. The van der Waals surface area contributed by atoms with Gasteiger partial charge in [0.15, 0.2) is 5.13 Å². The van der Waals surface area contributed by atoms with E-state index in [0.717, 1.165) is 21.7 Å². The Bertz CT molecular complexity index is 541. The summed E-state index contributed by atoms with van der Waals surface area (Å²) in [4.78, 5) is 5.49. The predicted octanol–water partition coefficient (Wildman–Crippen LogP) is 3.89. The van der Waals surface area contributed by atoms with Crippen molar-refractivity contribution in [1.29, 1.82) is 0 Å². The molecule has 0 unspecified atom stereocenters. The van der Waals surface area contributed by atoms with Gasteiger partial charge in [-0.1, -0.05) is 19.9 Å². The van der Waals surface area contributed by atoms with Gasteiger partial charge < -0.3 is 5.73 Å². The number of hydrogen-bond donors (Lipinski definition) is 1. The van der Waals surface area contributed by atoms with Crippen molar-refractivity contribution in [1.82, 2.24) is 4.98 Å². The topological polar surface area (TPSA) is 38.9 Å². The summed E-state index contributed by atoms with van der Waals surface area (Å²) >= 11 is 1.49. The molecule has 2 nitrogen and oxygen atoms in total. The third-order valence-corrected chi connectivity index (χ3v) is 3.66. The molecule has 0 fully saturated rings. The standard InChI is InChI=1S/C14H17FN2S/c1-8(2)13-12(18-14(16)17-13)7-10-4-9(3)5-11(15)6-10/h4-6,8H,7H2,1-3H3,(H2,16,17). The Balaban J connectivity index is 2.33. The highest BCUT2D eigenvalue weighted by molar-refractivity contribution is 7.15. The van der Waals surface area contributed by atoms with Crippen molar-refractivity contribution < 1.29 is 4.39 Å². The van der Waals surface area contributed by atoms with Crippen molar-refractivity contribution in [3.8, 4) is 0 Å². The summed E-state index contributed by atoms with van der Waals surface area (Å²) in [5.41, 5.74) is 8.70. The molecule has 96 valence electrons. The predicted molar refractivity (Wildman–Crippen MR) is 74.6 cm³/mol. The Labute approximate surface area is 111 Å². The summed E-state index contributed by atoms with van der Waals surface area (Å²) in [5.74, 6) is 0.150. The zero-order valence-electron chi connectivity index (χ0n) is 10.8. The largest absolute Gasteiger partial charge is 0.375 e. The van der Waals surface area contributed by atoms with E-state index in [-0.39, 0.29) is 5.82 Å². The molecule has 1 aromatic heterocycles. The average Bonchev–Trinajstić information content (AvgIpc) is 2.57. The van der Waals surface area contributed by atoms with Crippen molar-refractivity contribution in [2.75, 3.05) is 5.73 Å². The molecule has 0 amide bonds. The number of nitrogens with zero attached hydrogens (tertiary/aromatic N) is 1. The number of aryl methyl sites for hydroxylation is 1. The summed E-state index contributed by atoms with van der Waals surface area (Å²) in [5, 5.41) is 0.585. The molecule has 0 radical (unpaired) electrons. The maximum atomic E-state index is 13.4. The monoisotopic (exact) mass is 264 g/mol. The molecule has 2 N–H and O–H groups in total. The fourth-order valence-electron chi connectivity index (χ4n) is 2.06. The zero-order chi connectivity index (χ0) is 13.3. The number of halogens is 1. The molecule has 0 aliphatic heterocycles. The smallest absolute Gasteiger partial charge is 0.180 e. The lowest BCUT2D eigenvalue weighted by atomic mass is 10.0. The molecular weight excluding hydrogens is 247 g/mol.